The molecule has 1 N–H and O–H groups in total. The van der Waals surface area contributed by atoms with Gasteiger partial charge in [0.1, 0.15) is 6.10 Å². The van der Waals surface area contributed by atoms with E-state index in [0.717, 1.165) is 5.75 Å². The second-order valence-electron chi connectivity index (χ2n) is 3.30. The molecule has 0 spiro atoms. The van der Waals surface area contributed by atoms with E-state index < -0.39 is 0 Å². The van der Waals surface area contributed by atoms with E-state index in [4.69, 9.17) is 4.74 Å². The second-order valence-corrected chi connectivity index (χ2v) is 4.45. The normalized spacial score (nSPS) is 35.8. The lowest BCUT2D eigenvalue weighted by Crippen LogP contribution is -2.28. The molecule has 0 aliphatic carbocycles. The van der Waals surface area contributed by atoms with E-state index in [1.807, 2.05) is 11.8 Å². The van der Waals surface area contributed by atoms with E-state index in [1.165, 1.54) is 18.6 Å². The largest absolute Gasteiger partial charge is 0.444 e. The van der Waals surface area contributed by atoms with Crippen molar-refractivity contribution >= 4 is 17.9 Å². The quantitative estimate of drug-likeness (QED) is 0.671. The van der Waals surface area contributed by atoms with E-state index in [-0.39, 0.29) is 12.2 Å². The summed E-state index contributed by atoms with van der Waals surface area (Å²) < 4.78 is 5.14. The van der Waals surface area contributed by atoms with Crippen LogP contribution in [0.1, 0.15) is 12.8 Å². The van der Waals surface area contributed by atoms with Crippen LogP contribution < -0.4 is 5.32 Å². The molecule has 0 aromatic rings. The van der Waals surface area contributed by atoms with Gasteiger partial charge in [-0.2, -0.15) is 11.8 Å². The maximum Gasteiger partial charge on any atom is 0.407 e. The first kappa shape index (κ1) is 8.23. The molecule has 2 saturated heterocycles. The Morgan fingerprint density at radius 1 is 1.58 bits per heavy atom. The minimum absolute atomic E-state index is 0.144. The van der Waals surface area contributed by atoms with Crippen LogP contribution >= 0.6 is 11.8 Å². The van der Waals surface area contributed by atoms with Gasteiger partial charge in [-0.1, -0.05) is 0 Å². The van der Waals surface area contributed by atoms with Crippen molar-refractivity contribution in [3.63, 3.8) is 0 Å². The Bertz CT molecular complexity index is 180. The van der Waals surface area contributed by atoms with Crippen LogP contribution in [-0.4, -0.2) is 30.2 Å². The molecule has 0 bridgehead atoms. The van der Waals surface area contributed by atoms with E-state index in [2.05, 4.69) is 5.32 Å². The van der Waals surface area contributed by atoms with E-state index >= 15 is 0 Å². The number of cyclic esters (lactones) is 1. The summed E-state index contributed by atoms with van der Waals surface area (Å²) in [6.45, 7) is 0.712. The van der Waals surface area contributed by atoms with Crippen molar-refractivity contribution in [2.45, 2.75) is 18.9 Å². The monoisotopic (exact) mass is 187 g/mol. The van der Waals surface area contributed by atoms with Gasteiger partial charge in [-0.15, -0.1) is 0 Å². The van der Waals surface area contributed by atoms with Gasteiger partial charge in [0.15, 0.2) is 0 Å². The Hall–Kier alpha value is -0.380. The molecule has 3 nitrogen and oxygen atoms in total. The predicted octanol–water partition coefficient (Wildman–Crippen LogP) is 1.24. The molecule has 0 aromatic heterocycles. The Labute approximate surface area is 76.2 Å². The SMILES string of the molecule is O=C1NCC(C2CCCSC2)O1. The molecule has 68 valence electrons. The van der Waals surface area contributed by atoms with Crippen molar-refractivity contribution in [3.05, 3.63) is 0 Å². The van der Waals surface area contributed by atoms with Gasteiger partial charge in [-0.3, -0.25) is 0 Å². The molecule has 0 radical (unpaired) electrons. The highest BCUT2D eigenvalue weighted by atomic mass is 32.2. The zero-order chi connectivity index (χ0) is 8.39. The molecule has 4 heteroatoms. The summed E-state index contributed by atoms with van der Waals surface area (Å²) in [5, 5.41) is 2.70. The van der Waals surface area contributed by atoms with Crippen LogP contribution in [0, 0.1) is 5.92 Å². The molecule has 0 aromatic carbocycles. The highest BCUT2D eigenvalue weighted by Gasteiger charge is 2.31. The number of amides is 1. The Kier molecular flexibility index (Phi) is 2.44. The molecule has 2 aliphatic heterocycles. The molecular formula is C8H13NO2S. The predicted molar refractivity (Wildman–Crippen MR) is 48.3 cm³/mol. The Morgan fingerprint density at radius 2 is 2.50 bits per heavy atom. The maximum atomic E-state index is 10.8. The number of hydrogen-bond acceptors (Lipinski definition) is 3. The van der Waals surface area contributed by atoms with Crippen molar-refractivity contribution in [3.8, 4) is 0 Å². The maximum absolute atomic E-state index is 10.8. The van der Waals surface area contributed by atoms with Gasteiger partial charge in [0.25, 0.3) is 0 Å². The lowest BCUT2D eigenvalue weighted by Gasteiger charge is -2.24. The summed E-state index contributed by atoms with van der Waals surface area (Å²) in [6.07, 6.45) is 2.39. The number of carbonyl (C=O) groups excluding carboxylic acids is 1. The van der Waals surface area contributed by atoms with Gasteiger partial charge in [-0.05, 0) is 24.3 Å². The molecule has 0 saturated carbocycles. The lowest BCUT2D eigenvalue weighted by molar-refractivity contribution is 0.108. The Balaban J connectivity index is 1.86. The number of nitrogens with one attached hydrogen (secondary N) is 1. The third kappa shape index (κ3) is 1.68. The van der Waals surface area contributed by atoms with Crippen LogP contribution in [0.2, 0.25) is 0 Å². The average Bonchev–Trinajstić information content (AvgIpc) is 2.54. The van der Waals surface area contributed by atoms with Crippen molar-refractivity contribution in [1.82, 2.24) is 5.32 Å². The molecule has 2 rings (SSSR count). The van der Waals surface area contributed by atoms with E-state index in [9.17, 15) is 4.79 Å². The van der Waals surface area contributed by atoms with Crippen LogP contribution in [0.5, 0.6) is 0 Å². The molecular weight excluding hydrogens is 174 g/mol. The van der Waals surface area contributed by atoms with Crippen molar-refractivity contribution in [1.29, 1.82) is 0 Å². The minimum Gasteiger partial charge on any atom is -0.444 e. The van der Waals surface area contributed by atoms with Crippen LogP contribution in [0.15, 0.2) is 0 Å². The summed E-state index contributed by atoms with van der Waals surface area (Å²) in [5.41, 5.74) is 0. The lowest BCUT2D eigenvalue weighted by atomic mass is 9.99. The highest BCUT2D eigenvalue weighted by molar-refractivity contribution is 7.99. The third-order valence-corrected chi connectivity index (χ3v) is 3.67. The topological polar surface area (TPSA) is 38.3 Å². The van der Waals surface area contributed by atoms with Gasteiger partial charge in [0.05, 0.1) is 6.54 Å². The first-order valence-electron chi connectivity index (χ1n) is 4.38. The van der Waals surface area contributed by atoms with Crippen molar-refractivity contribution in [2.24, 2.45) is 5.92 Å². The van der Waals surface area contributed by atoms with Crippen molar-refractivity contribution in [2.75, 3.05) is 18.1 Å². The fraction of sp³-hybridized carbons (Fsp3) is 0.875. The van der Waals surface area contributed by atoms with Gasteiger partial charge in [0.2, 0.25) is 0 Å². The summed E-state index contributed by atoms with van der Waals surface area (Å²) in [6, 6.07) is 0. The first-order valence-corrected chi connectivity index (χ1v) is 5.54. The van der Waals surface area contributed by atoms with Gasteiger partial charge < -0.3 is 10.1 Å². The number of alkyl carbamates (subject to hydrolysis) is 1. The molecule has 2 aliphatic rings. The zero-order valence-corrected chi connectivity index (χ0v) is 7.73. The number of hydrogen-bond donors (Lipinski definition) is 1. The standard InChI is InChI=1S/C8H13NO2S/c10-8-9-4-7(11-8)6-2-1-3-12-5-6/h6-7H,1-5H2,(H,9,10). The minimum atomic E-state index is -0.240. The molecule has 12 heavy (non-hydrogen) atoms. The third-order valence-electron chi connectivity index (χ3n) is 2.43. The van der Waals surface area contributed by atoms with Gasteiger partial charge in [0, 0.05) is 5.92 Å². The number of rotatable bonds is 1. The van der Waals surface area contributed by atoms with E-state index in [0.29, 0.717) is 12.5 Å². The summed E-state index contributed by atoms with van der Waals surface area (Å²) in [7, 11) is 0. The zero-order valence-electron chi connectivity index (χ0n) is 6.91. The van der Waals surface area contributed by atoms with Crippen LogP contribution in [0.3, 0.4) is 0 Å². The fourth-order valence-corrected chi connectivity index (χ4v) is 2.95. The smallest absolute Gasteiger partial charge is 0.407 e. The fourth-order valence-electron chi connectivity index (χ4n) is 1.73. The second kappa shape index (κ2) is 3.56. The van der Waals surface area contributed by atoms with Crippen LogP contribution in [0.4, 0.5) is 4.79 Å². The average molecular weight is 187 g/mol. The summed E-state index contributed by atoms with van der Waals surface area (Å²) in [5.74, 6) is 3.01. The first-order chi connectivity index (χ1) is 5.86. The molecule has 2 atom stereocenters. The number of ether oxygens (including phenoxy) is 1. The summed E-state index contributed by atoms with van der Waals surface area (Å²) in [4.78, 5) is 10.8. The van der Waals surface area contributed by atoms with Crippen LogP contribution in [-0.2, 0) is 4.74 Å². The van der Waals surface area contributed by atoms with Gasteiger partial charge >= 0.3 is 6.09 Å². The summed E-state index contributed by atoms with van der Waals surface area (Å²) >= 11 is 1.97. The number of thioether (sulfide) groups is 1. The molecule has 2 fully saturated rings. The Morgan fingerprint density at radius 3 is 3.08 bits per heavy atom. The van der Waals surface area contributed by atoms with Crippen molar-refractivity contribution < 1.29 is 9.53 Å². The molecule has 2 heterocycles. The van der Waals surface area contributed by atoms with Gasteiger partial charge in [-0.25, -0.2) is 4.79 Å². The van der Waals surface area contributed by atoms with Crippen LogP contribution in [0.25, 0.3) is 0 Å². The van der Waals surface area contributed by atoms with E-state index in [1.54, 1.807) is 0 Å². The molecule has 1 amide bonds. The molecule has 2 unspecified atom stereocenters. The highest BCUT2D eigenvalue weighted by Crippen LogP contribution is 2.27. The number of carbonyl (C=O) groups is 1.